The van der Waals surface area contributed by atoms with E-state index in [4.69, 9.17) is 26.0 Å². The van der Waals surface area contributed by atoms with Crippen LogP contribution in [0.1, 0.15) is 38.2 Å². The van der Waals surface area contributed by atoms with Crippen LogP contribution in [0.15, 0.2) is 35.1 Å². The summed E-state index contributed by atoms with van der Waals surface area (Å²) >= 11 is 2.14. The third-order valence-electron chi connectivity index (χ3n) is 5.52. The Kier molecular flexibility index (Phi) is 11.3. The van der Waals surface area contributed by atoms with Crippen LogP contribution >= 0.6 is 11.8 Å². The van der Waals surface area contributed by atoms with E-state index in [-0.39, 0.29) is 4.75 Å². The largest absolute Gasteiger partial charge is 0.384 e. The molecule has 8 nitrogen and oxygen atoms in total. The molecule has 0 radical (unpaired) electrons. The van der Waals surface area contributed by atoms with Crippen LogP contribution in [0.4, 0.5) is 5.82 Å². The van der Waals surface area contributed by atoms with Gasteiger partial charge in [0.05, 0.1) is 23.7 Å². The monoisotopic (exact) mass is 476 g/mol. The molecule has 1 aromatic rings. The molecule has 184 valence electrons. The second-order valence-corrected chi connectivity index (χ2v) is 10.3. The molecule has 0 amide bonds. The molecule has 4 N–H and O–H groups in total. The zero-order valence-corrected chi connectivity index (χ0v) is 21.1. The molecule has 0 spiro atoms. The van der Waals surface area contributed by atoms with Gasteiger partial charge in [0.15, 0.2) is 0 Å². The minimum Gasteiger partial charge on any atom is -0.384 e. The van der Waals surface area contributed by atoms with Crippen molar-refractivity contribution in [3.05, 3.63) is 35.7 Å². The van der Waals surface area contributed by atoms with Gasteiger partial charge < -0.3 is 30.8 Å². The maximum atomic E-state index is 8.00. The Morgan fingerprint density at radius 1 is 1.33 bits per heavy atom. The van der Waals surface area contributed by atoms with Crippen LogP contribution in [0.25, 0.3) is 0 Å². The van der Waals surface area contributed by atoms with Crippen molar-refractivity contribution in [3.63, 3.8) is 0 Å². The molecule has 1 saturated heterocycles. The van der Waals surface area contributed by atoms with Crippen molar-refractivity contribution in [3.8, 4) is 0 Å². The van der Waals surface area contributed by atoms with Crippen LogP contribution in [0.2, 0.25) is 0 Å². The molecular weight excluding hydrogens is 436 g/mol. The Morgan fingerprint density at radius 3 is 2.42 bits per heavy atom. The number of likely N-dealkylation sites (N-methyl/N-ethyl adjacent to an activating group) is 1. The fourth-order valence-electron chi connectivity index (χ4n) is 3.49. The fraction of sp³-hybridized carbons (Fsp3) is 0.625. The highest BCUT2D eigenvalue weighted by atomic mass is 32.2. The number of amidine groups is 1. The fourth-order valence-corrected chi connectivity index (χ4v) is 5.12. The minimum atomic E-state index is 0.245. The van der Waals surface area contributed by atoms with Crippen LogP contribution in [-0.4, -0.2) is 90.9 Å². The Labute approximate surface area is 202 Å². The number of ether oxygens (including phenoxy) is 1. The average molecular weight is 477 g/mol. The van der Waals surface area contributed by atoms with Gasteiger partial charge in [-0.25, -0.2) is 9.98 Å². The van der Waals surface area contributed by atoms with E-state index in [9.17, 15) is 0 Å². The quantitative estimate of drug-likeness (QED) is 0.456. The van der Waals surface area contributed by atoms with Gasteiger partial charge in [-0.15, -0.1) is 11.8 Å². The first-order valence-corrected chi connectivity index (χ1v) is 12.5. The number of nitrogens with two attached hydrogens (primary N) is 2. The van der Waals surface area contributed by atoms with E-state index < -0.39 is 0 Å². The summed E-state index contributed by atoms with van der Waals surface area (Å²) in [6.07, 6.45) is 9.26. The summed E-state index contributed by atoms with van der Waals surface area (Å²) in [6, 6.07) is 3.88. The first-order chi connectivity index (χ1) is 16.0. The lowest BCUT2D eigenvalue weighted by molar-refractivity contribution is -0.0979. The number of pyridine rings is 1. The van der Waals surface area contributed by atoms with Crippen LogP contribution in [-0.2, 0) is 9.53 Å². The molecule has 1 aromatic heterocycles. The number of hydrogen-bond acceptors (Lipinski definition) is 8. The summed E-state index contributed by atoms with van der Waals surface area (Å²) in [6.45, 7) is 9.08. The van der Waals surface area contributed by atoms with Crippen LogP contribution in [0.3, 0.4) is 0 Å². The van der Waals surface area contributed by atoms with Gasteiger partial charge in [-0.3, -0.25) is 0 Å². The lowest BCUT2D eigenvalue weighted by Gasteiger charge is -2.30. The smallest absolute Gasteiger partial charge is 0.137 e. The molecule has 33 heavy (non-hydrogen) atoms. The van der Waals surface area contributed by atoms with Crippen molar-refractivity contribution in [2.24, 2.45) is 10.7 Å². The third-order valence-corrected chi connectivity index (χ3v) is 7.39. The van der Waals surface area contributed by atoms with Crippen LogP contribution < -0.4 is 11.5 Å². The van der Waals surface area contributed by atoms with Gasteiger partial charge in [0.1, 0.15) is 18.4 Å². The van der Waals surface area contributed by atoms with E-state index in [1.807, 2.05) is 39.2 Å². The molecule has 1 aliphatic heterocycles. The molecule has 3 fully saturated rings. The van der Waals surface area contributed by atoms with E-state index in [2.05, 4.69) is 39.5 Å². The number of anilines is 1. The van der Waals surface area contributed by atoms with E-state index in [0.717, 1.165) is 56.0 Å². The normalized spacial score (nSPS) is 19.8. The summed E-state index contributed by atoms with van der Waals surface area (Å²) in [5.74, 6) is 1.55. The number of allylic oxidation sites excluding steroid dienone is 1. The minimum absolute atomic E-state index is 0.245. The second-order valence-electron chi connectivity index (χ2n) is 8.58. The summed E-state index contributed by atoms with van der Waals surface area (Å²) in [4.78, 5) is 21.8. The highest BCUT2D eigenvalue weighted by Crippen LogP contribution is 2.59. The molecule has 9 heteroatoms. The van der Waals surface area contributed by atoms with Crippen molar-refractivity contribution >= 4 is 30.2 Å². The lowest BCUT2D eigenvalue weighted by Crippen LogP contribution is -2.41. The van der Waals surface area contributed by atoms with Crippen molar-refractivity contribution in [1.29, 1.82) is 0 Å². The van der Waals surface area contributed by atoms with E-state index in [0.29, 0.717) is 5.82 Å². The molecule has 2 heterocycles. The number of hydrogen-bond donors (Lipinski definition) is 2. The van der Waals surface area contributed by atoms with E-state index >= 15 is 0 Å². The zero-order valence-electron chi connectivity index (χ0n) is 20.3. The molecule has 3 aliphatic rings. The number of aliphatic imine (C=N–C) groups is 1. The summed E-state index contributed by atoms with van der Waals surface area (Å²) in [5, 5.41) is 0.845. The van der Waals surface area contributed by atoms with Crippen molar-refractivity contribution in [1.82, 2.24) is 14.8 Å². The van der Waals surface area contributed by atoms with Crippen LogP contribution in [0.5, 0.6) is 0 Å². The average Bonchev–Trinajstić information content (AvgIpc) is 3.77. The summed E-state index contributed by atoms with van der Waals surface area (Å²) in [5.41, 5.74) is 13.2. The molecule has 0 atom stereocenters. The maximum Gasteiger partial charge on any atom is 0.137 e. The highest BCUT2D eigenvalue weighted by Gasteiger charge is 2.50. The molecule has 0 aromatic carbocycles. The number of aromatic nitrogens is 1. The standard InChI is InChI=1S/C19H26N4OS.C4H12N2.CH2O/c1-2-16(19(7-8-19)25-15-4-5-15)22-18(23-9-11-24-12-10-23)14-3-6-17(20)21-13-14;1-6(2)4-3-5;1-2/h2-3,6,13,15H,4-5,7-12H2,1H3,(H2,20,21);3-5H2,1-2H3;1H2/b16-2-,22-18?;;. The van der Waals surface area contributed by atoms with Gasteiger partial charge in [0.25, 0.3) is 0 Å². The molecule has 2 saturated carbocycles. The van der Waals surface area contributed by atoms with Gasteiger partial charge in [0.2, 0.25) is 0 Å². The Bertz CT molecular complexity index is 770. The first-order valence-electron chi connectivity index (χ1n) is 11.6. The maximum absolute atomic E-state index is 8.00. The Morgan fingerprint density at radius 2 is 2.00 bits per heavy atom. The van der Waals surface area contributed by atoms with Gasteiger partial charge in [-0.05, 0) is 58.8 Å². The second kappa shape index (κ2) is 13.7. The van der Waals surface area contributed by atoms with Crippen LogP contribution in [0, 0.1) is 0 Å². The number of rotatable bonds is 7. The topological polar surface area (TPSA) is 110 Å². The number of nitrogens with zero attached hydrogens (tertiary/aromatic N) is 4. The summed E-state index contributed by atoms with van der Waals surface area (Å²) < 4.78 is 5.77. The number of morpholine rings is 1. The van der Waals surface area contributed by atoms with Crippen molar-refractivity contribution in [2.75, 3.05) is 59.2 Å². The predicted molar refractivity (Wildman–Crippen MR) is 139 cm³/mol. The summed E-state index contributed by atoms with van der Waals surface area (Å²) in [7, 11) is 4.01. The Balaban J connectivity index is 0.000000421. The Hall–Kier alpha value is -1.94. The van der Waals surface area contributed by atoms with Crippen molar-refractivity contribution < 1.29 is 9.53 Å². The molecular formula is C24H40N6O2S. The molecule has 0 unspecified atom stereocenters. The highest BCUT2D eigenvalue weighted by molar-refractivity contribution is 8.02. The first kappa shape index (κ1) is 27.3. The van der Waals surface area contributed by atoms with Crippen molar-refractivity contribution in [2.45, 2.75) is 42.6 Å². The van der Waals surface area contributed by atoms with Gasteiger partial charge >= 0.3 is 0 Å². The van der Waals surface area contributed by atoms with E-state index in [1.54, 1.807) is 0 Å². The van der Waals surface area contributed by atoms with Gasteiger partial charge in [-0.2, -0.15) is 0 Å². The van der Waals surface area contributed by atoms with Gasteiger partial charge in [-0.1, -0.05) is 6.08 Å². The number of thioether (sulfide) groups is 1. The zero-order chi connectivity index (χ0) is 24.3. The van der Waals surface area contributed by atoms with Gasteiger partial charge in [0, 0.05) is 43.2 Å². The molecule has 4 rings (SSSR count). The molecule has 0 bridgehead atoms. The number of carbonyl (C=O) groups is 1. The SMILES string of the molecule is C/C=C(\N=C(c1ccc(N)nc1)N1CCOCC1)C1(SC2CC2)CC1.C=O.CN(C)CCN. The van der Waals surface area contributed by atoms with E-state index in [1.165, 1.54) is 31.4 Å². The third kappa shape index (κ3) is 8.73. The lowest BCUT2D eigenvalue weighted by atomic mass is 10.2. The number of nitrogen functional groups attached to an aromatic ring is 1. The number of carbonyl (C=O) groups excluding carboxylic acids is 1. The predicted octanol–water partition coefficient (Wildman–Crippen LogP) is 2.40. The molecule has 2 aliphatic carbocycles.